The molecule has 208 valence electrons. The molecule has 1 aliphatic heterocycles. The molecule has 0 radical (unpaired) electrons. The summed E-state index contributed by atoms with van der Waals surface area (Å²) < 4.78 is 10.9. The smallest absolute Gasteiger partial charge is 0.309 e. The highest BCUT2D eigenvalue weighted by Crippen LogP contribution is 2.46. The maximum Gasteiger partial charge on any atom is 0.309 e. The van der Waals surface area contributed by atoms with Crippen LogP contribution in [-0.4, -0.2) is 48.6 Å². The van der Waals surface area contributed by atoms with E-state index in [9.17, 15) is 14.7 Å². The molecule has 1 saturated heterocycles. The number of aryl methyl sites for hydroxylation is 1. The summed E-state index contributed by atoms with van der Waals surface area (Å²) in [5.74, 6) is -1.26. The zero-order chi connectivity index (χ0) is 28.2. The number of nitrogens with zero attached hydrogens (tertiary/aromatic N) is 2. The van der Waals surface area contributed by atoms with Gasteiger partial charge >= 0.3 is 5.97 Å². The molecule has 4 aromatic rings. The van der Waals surface area contributed by atoms with Crippen LogP contribution in [0.4, 0.5) is 5.69 Å². The summed E-state index contributed by atoms with van der Waals surface area (Å²) in [7, 11) is 1.60. The van der Waals surface area contributed by atoms with E-state index in [0.717, 1.165) is 46.2 Å². The molecule has 40 heavy (non-hydrogen) atoms. The highest BCUT2D eigenvalue weighted by molar-refractivity contribution is 5.95. The number of anilines is 1. The molecule has 1 N–H and O–H groups in total. The van der Waals surface area contributed by atoms with Crippen molar-refractivity contribution in [2.75, 3.05) is 31.6 Å². The fourth-order valence-electron chi connectivity index (χ4n) is 5.91. The molecule has 1 aromatic heterocycles. The molecule has 7 nitrogen and oxygen atoms in total. The lowest BCUT2D eigenvalue weighted by Crippen LogP contribution is -2.41. The molecule has 1 aliphatic rings. The van der Waals surface area contributed by atoms with Gasteiger partial charge in [-0.25, -0.2) is 0 Å². The Bertz CT molecular complexity index is 1480. The van der Waals surface area contributed by atoms with Crippen LogP contribution in [0.1, 0.15) is 48.4 Å². The molecular formula is C33H36N2O5. The molecule has 1 amide bonds. The number of carboxylic acids is 1. The van der Waals surface area contributed by atoms with E-state index in [1.54, 1.807) is 13.4 Å². The summed E-state index contributed by atoms with van der Waals surface area (Å²) in [6.45, 7) is 5.30. The van der Waals surface area contributed by atoms with Crippen LogP contribution >= 0.6 is 0 Å². The van der Waals surface area contributed by atoms with E-state index in [1.165, 1.54) is 0 Å². The van der Waals surface area contributed by atoms with E-state index < -0.39 is 17.9 Å². The first-order valence-corrected chi connectivity index (χ1v) is 13.8. The normalized spacial score (nSPS) is 19.1. The minimum absolute atomic E-state index is 0.0346. The number of aliphatic carboxylic acids is 1. The Balaban J connectivity index is 1.52. The molecule has 2 heterocycles. The maximum atomic E-state index is 14.0. The molecule has 0 spiro atoms. The lowest BCUT2D eigenvalue weighted by Gasteiger charge is -2.30. The van der Waals surface area contributed by atoms with Crippen LogP contribution in [-0.2, 0) is 9.59 Å². The van der Waals surface area contributed by atoms with Crippen molar-refractivity contribution in [3.05, 3.63) is 95.7 Å². The van der Waals surface area contributed by atoms with Gasteiger partial charge in [-0.1, -0.05) is 43.7 Å². The predicted octanol–water partition coefficient (Wildman–Crippen LogP) is 6.42. The number of benzene rings is 3. The van der Waals surface area contributed by atoms with Crippen LogP contribution in [0, 0.1) is 12.8 Å². The van der Waals surface area contributed by atoms with Crippen molar-refractivity contribution < 1.29 is 23.8 Å². The largest absolute Gasteiger partial charge is 0.497 e. The molecule has 0 unspecified atom stereocenters. The second kappa shape index (κ2) is 12.0. The van der Waals surface area contributed by atoms with Gasteiger partial charge in [-0.05, 0) is 72.5 Å². The van der Waals surface area contributed by atoms with Crippen molar-refractivity contribution in [3.63, 3.8) is 0 Å². The Morgan fingerprint density at radius 1 is 1.05 bits per heavy atom. The summed E-state index contributed by atoms with van der Waals surface area (Å²) in [6.07, 6.45) is 3.49. The Morgan fingerprint density at radius 3 is 2.52 bits per heavy atom. The van der Waals surface area contributed by atoms with Gasteiger partial charge in [0, 0.05) is 36.1 Å². The topological polar surface area (TPSA) is 83.2 Å². The first-order chi connectivity index (χ1) is 19.4. The van der Waals surface area contributed by atoms with Gasteiger partial charge in [-0.3, -0.25) is 14.5 Å². The maximum absolute atomic E-state index is 14.0. The number of methoxy groups -OCH3 is 1. The number of carbonyl (C=O) groups excluding carboxylic acids is 1. The number of ether oxygens (including phenoxy) is 1. The van der Waals surface area contributed by atoms with Crippen molar-refractivity contribution in [3.8, 4) is 5.75 Å². The number of furan rings is 1. The van der Waals surface area contributed by atoms with Gasteiger partial charge in [0.15, 0.2) is 0 Å². The molecule has 0 aliphatic carbocycles. The number of carboxylic acid groups (broad SMARTS) is 1. The summed E-state index contributed by atoms with van der Waals surface area (Å²) in [5.41, 5.74) is 4.50. The van der Waals surface area contributed by atoms with Gasteiger partial charge in [0.05, 0.1) is 25.8 Å². The van der Waals surface area contributed by atoms with Gasteiger partial charge in [-0.2, -0.15) is 0 Å². The number of fused-ring (bicyclic) bond motifs is 1. The Kier molecular flexibility index (Phi) is 8.21. The molecule has 3 aromatic carbocycles. The predicted molar refractivity (Wildman–Crippen MR) is 156 cm³/mol. The minimum Gasteiger partial charge on any atom is -0.497 e. The zero-order valence-electron chi connectivity index (χ0n) is 23.2. The van der Waals surface area contributed by atoms with Crippen molar-refractivity contribution in [2.24, 2.45) is 5.92 Å². The van der Waals surface area contributed by atoms with Crippen molar-refractivity contribution in [1.82, 2.24) is 4.90 Å². The summed E-state index contributed by atoms with van der Waals surface area (Å²) in [4.78, 5) is 30.8. The van der Waals surface area contributed by atoms with Crippen molar-refractivity contribution in [1.29, 1.82) is 0 Å². The van der Waals surface area contributed by atoms with E-state index in [4.69, 9.17) is 9.15 Å². The van der Waals surface area contributed by atoms with Crippen LogP contribution < -0.4 is 9.64 Å². The monoisotopic (exact) mass is 540 g/mol. The van der Waals surface area contributed by atoms with E-state index in [0.29, 0.717) is 18.8 Å². The SMILES string of the molecule is CCCCN(C(=O)CN1C[C@H](c2ccc3occc3c2)[C@H](C(=O)O)[C@H]1c1ccc(OC)cc1)c1cccc(C)c1. The first kappa shape index (κ1) is 27.5. The van der Waals surface area contributed by atoms with Gasteiger partial charge in [-0.15, -0.1) is 0 Å². The fraction of sp³-hybridized carbons (Fsp3) is 0.333. The zero-order valence-corrected chi connectivity index (χ0v) is 23.2. The Labute approximate surface area is 235 Å². The van der Waals surface area contributed by atoms with Crippen LogP contribution in [0.15, 0.2) is 83.5 Å². The molecule has 5 rings (SSSR count). The summed E-state index contributed by atoms with van der Waals surface area (Å²) in [5, 5.41) is 11.5. The third-order valence-corrected chi connectivity index (χ3v) is 7.93. The van der Waals surface area contributed by atoms with Crippen LogP contribution in [0.3, 0.4) is 0 Å². The van der Waals surface area contributed by atoms with Crippen molar-refractivity contribution in [2.45, 2.75) is 38.6 Å². The van der Waals surface area contributed by atoms with Gasteiger partial charge in [0.1, 0.15) is 11.3 Å². The lowest BCUT2D eigenvalue weighted by molar-refractivity contribution is -0.143. The van der Waals surface area contributed by atoms with Gasteiger partial charge in [0.25, 0.3) is 0 Å². The third-order valence-electron chi connectivity index (χ3n) is 7.93. The Morgan fingerprint density at radius 2 is 1.82 bits per heavy atom. The number of hydrogen-bond acceptors (Lipinski definition) is 5. The van der Waals surface area contributed by atoms with Crippen LogP contribution in [0.5, 0.6) is 5.75 Å². The average Bonchev–Trinajstić information content (AvgIpc) is 3.58. The van der Waals surface area contributed by atoms with Crippen LogP contribution in [0.25, 0.3) is 11.0 Å². The molecule has 1 fully saturated rings. The van der Waals surface area contributed by atoms with E-state index in [2.05, 4.69) is 6.92 Å². The molecule has 3 atom stereocenters. The standard InChI is InChI=1S/C33H36N2O5/c1-4-5-16-35(26-8-6-7-22(2)18-26)30(36)21-34-20-28(24-11-14-29-25(19-24)15-17-40-29)31(33(37)38)32(34)23-9-12-27(39-3)13-10-23/h6-15,17-19,28,31-32H,4-5,16,20-21H2,1-3H3,(H,37,38)/t28-,31+,32-/m1/s1. The molecular weight excluding hydrogens is 504 g/mol. The van der Waals surface area contributed by atoms with Gasteiger partial charge < -0.3 is 19.2 Å². The fourth-order valence-corrected chi connectivity index (χ4v) is 5.91. The van der Waals surface area contributed by atoms with E-state index in [1.807, 2.05) is 89.5 Å². The molecule has 7 heteroatoms. The third kappa shape index (κ3) is 5.61. The summed E-state index contributed by atoms with van der Waals surface area (Å²) >= 11 is 0. The number of hydrogen-bond donors (Lipinski definition) is 1. The first-order valence-electron chi connectivity index (χ1n) is 13.8. The minimum atomic E-state index is -0.880. The highest BCUT2D eigenvalue weighted by Gasteiger charge is 2.48. The van der Waals surface area contributed by atoms with E-state index in [-0.39, 0.29) is 18.4 Å². The second-order valence-electron chi connectivity index (χ2n) is 10.6. The van der Waals surface area contributed by atoms with Crippen molar-refractivity contribution >= 4 is 28.5 Å². The number of rotatable bonds is 10. The average molecular weight is 541 g/mol. The number of likely N-dealkylation sites (tertiary alicyclic amines) is 1. The second-order valence-corrected chi connectivity index (χ2v) is 10.6. The number of unbranched alkanes of at least 4 members (excludes halogenated alkanes) is 1. The number of amides is 1. The molecule has 0 bridgehead atoms. The highest BCUT2D eigenvalue weighted by atomic mass is 16.5. The quantitative estimate of drug-likeness (QED) is 0.250. The van der Waals surface area contributed by atoms with E-state index >= 15 is 0 Å². The number of carbonyl (C=O) groups is 2. The molecule has 0 saturated carbocycles. The van der Waals surface area contributed by atoms with Crippen LogP contribution in [0.2, 0.25) is 0 Å². The Hall–Kier alpha value is -4.10. The van der Waals surface area contributed by atoms with Gasteiger partial charge in [0.2, 0.25) is 5.91 Å². The lowest BCUT2D eigenvalue weighted by atomic mass is 9.82. The summed E-state index contributed by atoms with van der Waals surface area (Å²) in [6, 6.07) is 22.8.